The van der Waals surface area contributed by atoms with Crippen LogP contribution in [0, 0.1) is 5.92 Å². The van der Waals surface area contributed by atoms with Crippen molar-refractivity contribution in [1.29, 1.82) is 0 Å². The maximum atomic E-state index is 12.7. The Hall–Kier alpha value is -2.05. The number of hydrogen-bond acceptors (Lipinski definition) is 4. The van der Waals surface area contributed by atoms with Crippen molar-refractivity contribution < 1.29 is 9.32 Å². The van der Waals surface area contributed by atoms with E-state index in [4.69, 9.17) is 4.52 Å². The molecule has 0 radical (unpaired) electrons. The summed E-state index contributed by atoms with van der Waals surface area (Å²) in [7, 11) is 1.76. The van der Waals surface area contributed by atoms with Gasteiger partial charge in [-0.05, 0) is 25.7 Å². The summed E-state index contributed by atoms with van der Waals surface area (Å²) in [6.07, 6.45) is 7.63. The van der Waals surface area contributed by atoms with Gasteiger partial charge in [0.05, 0.1) is 12.2 Å². The quantitative estimate of drug-likeness (QED) is 0.620. The van der Waals surface area contributed by atoms with E-state index >= 15 is 0 Å². The van der Waals surface area contributed by atoms with Gasteiger partial charge in [-0.2, -0.15) is 0 Å². The zero-order valence-electron chi connectivity index (χ0n) is 16.0. The summed E-state index contributed by atoms with van der Waals surface area (Å²) in [6, 6.07) is 2.20. The summed E-state index contributed by atoms with van der Waals surface area (Å²) >= 11 is 0. The molecule has 1 unspecified atom stereocenters. The zero-order chi connectivity index (χ0) is 18.4. The fraction of sp³-hybridized carbons (Fsp3) is 0.737. The molecule has 2 N–H and O–H groups in total. The predicted octanol–water partition coefficient (Wildman–Crippen LogP) is 2.08. The average Bonchev–Trinajstić information content (AvgIpc) is 3.34. The number of nitrogens with one attached hydrogen (secondary N) is 2. The van der Waals surface area contributed by atoms with Crippen molar-refractivity contribution in [2.45, 2.75) is 64.5 Å². The van der Waals surface area contributed by atoms with Crippen molar-refractivity contribution in [2.24, 2.45) is 10.9 Å². The van der Waals surface area contributed by atoms with Gasteiger partial charge in [0.15, 0.2) is 11.7 Å². The highest BCUT2D eigenvalue weighted by Crippen LogP contribution is 2.26. The van der Waals surface area contributed by atoms with Crippen LogP contribution in [-0.4, -0.2) is 48.1 Å². The number of likely N-dealkylation sites (tertiary alicyclic amines) is 1. The summed E-state index contributed by atoms with van der Waals surface area (Å²) in [5, 5.41) is 10.7. The lowest BCUT2D eigenvalue weighted by atomic mass is 9.88. The van der Waals surface area contributed by atoms with E-state index in [-0.39, 0.29) is 12.0 Å². The van der Waals surface area contributed by atoms with Crippen LogP contribution in [0.15, 0.2) is 15.6 Å². The first-order chi connectivity index (χ1) is 12.7. The molecule has 7 nitrogen and oxygen atoms in total. The Balaban J connectivity index is 1.44. The molecule has 2 fully saturated rings. The molecule has 3 rings (SSSR count). The molecule has 1 aromatic heterocycles. The van der Waals surface area contributed by atoms with Gasteiger partial charge in [-0.3, -0.25) is 9.79 Å². The second-order valence-corrected chi connectivity index (χ2v) is 7.31. The van der Waals surface area contributed by atoms with E-state index in [0.29, 0.717) is 12.5 Å². The second-order valence-electron chi connectivity index (χ2n) is 7.31. The zero-order valence-corrected chi connectivity index (χ0v) is 16.0. The first kappa shape index (κ1) is 18.7. The van der Waals surface area contributed by atoms with E-state index in [2.05, 4.69) is 27.7 Å². The largest absolute Gasteiger partial charge is 0.359 e. The maximum Gasteiger partial charge on any atom is 0.225 e. The van der Waals surface area contributed by atoms with Crippen molar-refractivity contribution in [3.8, 4) is 0 Å². The third-order valence-corrected chi connectivity index (χ3v) is 5.42. The monoisotopic (exact) mass is 361 g/mol. The third kappa shape index (κ3) is 4.77. The molecule has 2 aliphatic rings. The Morgan fingerprint density at radius 1 is 1.35 bits per heavy atom. The van der Waals surface area contributed by atoms with Gasteiger partial charge in [-0.1, -0.05) is 31.3 Å². The molecule has 26 heavy (non-hydrogen) atoms. The summed E-state index contributed by atoms with van der Waals surface area (Å²) in [5.74, 6) is 2.13. The lowest BCUT2D eigenvalue weighted by molar-refractivity contribution is -0.135. The van der Waals surface area contributed by atoms with Gasteiger partial charge in [-0.15, -0.1) is 0 Å². The number of rotatable bonds is 5. The van der Waals surface area contributed by atoms with Gasteiger partial charge >= 0.3 is 0 Å². The molecule has 1 aromatic rings. The fourth-order valence-electron chi connectivity index (χ4n) is 3.85. The van der Waals surface area contributed by atoms with Gasteiger partial charge in [0, 0.05) is 38.2 Å². The number of guanidine groups is 1. The normalized spacial score (nSPS) is 21.8. The molecule has 144 valence electrons. The minimum absolute atomic E-state index is 0.245. The van der Waals surface area contributed by atoms with E-state index in [0.717, 1.165) is 56.2 Å². The van der Waals surface area contributed by atoms with Gasteiger partial charge in [0.25, 0.3) is 0 Å². The van der Waals surface area contributed by atoms with Gasteiger partial charge < -0.3 is 20.1 Å². The maximum absolute atomic E-state index is 12.7. The number of hydrogen-bond donors (Lipinski definition) is 2. The Morgan fingerprint density at radius 2 is 2.15 bits per heavy atom. The van der Waals surface area contributed by atoms with Crippen molar-refractivity contribution >= 4 is 11.9 Å². The fourth-order valence-corrected chi connectivity index (χ4v) is 3.85. The van der Waals surface area contributed by atoms with Crippen LogP contribution in [-0.2, 0) is 17.8 Å². The van der Waals surface area contributed by atoms with Crippen LogP contribution >= 0.6 is 0 Å². The summed E-state index contributed by atoms with van der Waals surface area (Å²) in [5.41, 5.74) is 0.956. The molecule has 1 saturated heterocycles. The van der Waals surface area contributed by atoms with E-state index < -0.39 is 0 Å². The highest BCUT2D eigenvalue weighted by atomic mass is 16.5. The Labute approximate surface area is 155 Å². The standard InChI is InChI=1S/C19H31N5O2/c1-3-15-11-17(26-23-15)12-21-19(20-2)22-16-9-10-24(13-16)18(25)14-7-5-4-6-8-14/h11,14,16H,3-10,12-13H2,1-2H3,(H2,20,21,22). The van der Waals surface area contributed by atoms with Crippen LogP contribution in [0.5, 0.6) is 0 Å². The number of aryl methyl sites for hydroxylation is 1. The minimum atomic E-state index is 0.245. The van der Waals surface area contributed by atoms with E-state index in [1.165, 1.54) is 19.3 Å². The number of amides is 1. The molecular formula is C19H31N5O2. The minimum Gasteiger partial charge on any atom is -0.359 e. The molecule has 0 bridgehead atoms. The van der Waals surface area contributed by atoms with Crippen LogP contribution in [0.1, 0.15) is 56.9 Å². The number of nitrogens with zero attached hydrogens (tertiary/aromatic N) is 3. The second kappa shape index (κ2) is 9.05. The highest BCUT2D eigenvalue weighted by molar-refractivity contribution is 5.81. The van der Waals surface area contributed by atoms with Crippen LogP contribution < -0.4 is 10.6 Å². The molecule has 1 aliphatic heterocycles. The van der Waals surface area contributed by atoms with Crippen LogP contribution in [0.3, 0.4) is 0 Å². The molecular weight excluding hydrogens is 330 g/mol. The molecule has 2 heterocycles. The summed E-state index contributed by atoms with van der Waals surface area (Å²) < 4.78 is 5.29. The Bertz CT molecular complexity index is 621. The smallest absolute Gasteiger partial charge is 0.225 e. The summed E-state index contributed by atoms with van der Waals surface area (Å²) in [6.45, 7) is 4.20. The van der Waals surface area contributed by atoms with E-state index in [1.807, 2.05) is 11.0 Å². The molecule has 1 atom stereocenters. The number of carbonyl (C=O) groups is 1. The molecule has 1 amide bonds. The molecule has 1 aliphatic carbocycles. The lowest BCUT2D eigenvalue weighted by Crippen LogP contribution is -2.45. The molecule has 0 spiro atoms. The molecule has 1 saturated carbocycles. The highest BCUT2D eigenvalue weighted by Gasteiger charge is 2.31. The van der Waals surface area contributed by atoms with E-state index in [1.54, 1.807) is 7.05 Å². The predicted molar refractivity (Wildman–Crippen MR) is 101 cm³/mol. The van der Waals surface area contributed by atoms with Crippen LogP contribution in [0.4, 0.5) is 0 Å². The molecule has 0 aromatic carbocycles. The first-order valence-electron chi connectivity index (χ1n) is 9.90. The van der Waals surface area contributed by atoms with Crippen molar-refractivity contribution in [3.63, 3.8) is 0 Å². The van der Waals surface area contributed by atoms with Gasteiger partial charge in [-0.25, -0.2) is 0 Å². The Kier molecular flexibility index (Phi) is 6.52. The Morgan fingerprint density at radius 3 is 2.85 bits per heavy atom. The van der Waals surface area contributed by atoms with Crippen LogP contribution in [0.2, 0.25) is 0 Å². The summed E-state index contributed by atoms with van der Waals surface area (Å²) in [4.78, 5) is 19.0. The SMILES string of the molecule is CCc1cc(CNC(=NC)NC2CCN(C(=O)C3CCCCC3)C2)on1. The van der Waals surface area contributed by atoms with Crippen LogP contribution in [0.25, 0.3) is 0 Å². The first-order valence-corrected chi connectivity index (χ1v) is 9.90. The number of aliphatic imine (C=N–C) groups is 1. The van der Waals surface area contributed by atoms with Gasteiger partial charge in [0.1, 0.15) is 0 Å². The lowest BCUT2D eigenvalue weighted by Gasteiger charge is -2.26. The van der Waals surface area contributed by atoms with Gasteiger partial charge in [0.2, 0.25) is 5.91 Å². The third-order valence-electron chi connectivity index (χ3n) is 5.42. The number of aromatic nitrogens is 1. The van der Waals surface area contributed by atoms with Crippen molar-refractivity contribution in [1.82, 2.24) is 20.7 Å². The van der Waals surface area contributed by atoms with Crippen molar-refractivity contribution in [2.75, 3.05) is 20.1 Å². The topological polar surface area (TPSA) is 82.8 Å². The molecule has 7 heteroatoms. The van der Waals surface area contributed by atoms with Crippen molar-refractivity contribution in [3.05, 3.63) is 17.5 Å². The van der Waals surface area contributed by atoms with E-state index in [9.17, 15) is 4.79 Å². The average molecular weight is 361 g/mol. The number of carbonyl (C=O) groups excluding carboxylic acids is 1.